The van der Waals surface area contributed by atoms with E-state index in [1.807, 2.05) is 0 Å². The van der Waals surface area contributed by atoms with E-state index in [4.69, 9.17) is 5.73 Å². The van der Waals surface area contributed by atoms with Gasteiger partial charge in [0.25, 0.3) is 5.91 Å². The van der Waals surface area contributed by atoms with Gasteiger partial charge < -0.3 is 5.73 Å². The molecule has 4 nitrogen and oxygen atoms in total. The Labute approximate surface area is 110 Å². The van der Waals surface area contributed by atoms with Gasteiger partial charge >= 0.3 is 0 Å². The van der Waals surface area contributed by atoms with Crippen LogP contribution in [-0.2, 0) is 4.84 Å². The van der Waals surface area contributed by atoms with Crippen molar-refractivity contribution in [1.29, 1.82) is 0 Å². The molecule has 0 aromatic heterocycles. The Kier molecular flexibility index (Phi) is 5.45. The molecule has 1 amide bonds. The minimum Gasteiger partial charge on any atom is -0.398 e. The molecule has 0 fully saturated rings. The zero-order chi connectivity index (χ0) is 12.0. The molecular weight excluding hydrogens is 339 g/mol. The Balaban J connectivity index is 3.03. The molecule has 0 aliphatic carbocycles. The van der Waals surface area contributed by atoms with Crippen LogP contribution in [-0.4, -0.2) is 13.0 Å². The van der Waals surface area contributed by atoms with Gasteiger partial charge in [-0.3, -0.25) is 9.63 Å². The number of nitrogen functional groups attached to an aromatic ring is 1. The van der Waals surface area contributed by atoms with Gasteiger partial charge in [0.15, 0.2) is 0 Å². The molecule has 0 heterocycles. The van der Waals surface area contributed by atoms with Crippen LogP contribution in [0.1, 0.15) is 15.9 Å². The van der Waals surface area contributed by atoms with Crippen LogP contribution in [0.5, 0.6) is 0 Å². The van der Waals surface area contributed by atoms with Gasteiger partial charge in [-0.25, -0.2) is 5.48 Å². The van der Waals surface area contributed by atoms with Crippen molar-refractivity contribution in [1.82, 2.24) is 5.48 Å². The number of rotatable bonds is 2. The van der Waals surface area contributed by atoms with Crippen LogP contribution in [0.3, 0.4) is 0 Å². The molecule has 0 saturated heterocycles. The third-order valence-corrected chi connectivity index (χ3v) is 2.57. The minimum atomic E-state index is -0.384. The number of carbonyl (C=O) groups excluding carboxylic acids is 1. The molecule has 0 aliphatic heterocycles. The fourth-order valence-electron chi connectivity index (χ4n) is 1.06. The monoisotopic (exact) mass is 348 g/mol. The average molecular weight is 348 g/mol. The number of nitrogens with one attached hydrogen (secondary N) is 1. The third-order valence-electron chi connectivity index (χ3n) is 1.73. The van der Waals surface area contributed by atoms with Crippen molar-refractivity contribution in [2.24, 2.45) is 0 Å². The number of hydrogen-bond donors (Lipinski definition) is 2. The van der Waals surface area contributed by atoms with E-state index in [2.05, 4.69) is 42.7 Å². The summed E-state index contributed by atoms with van der Waals surface area (Å²) < 4.78 is 0. The number of halogens is 1. The van der Waals surface area contributed by atoms with Gasteiger partial charge in [0.05, 0.1) is 12.7 Å². The van der Waals surface area contributed by atoms with Gasteiger partial charge in [-0.1, -0.05) is 5.92 Å². The largest absolute Gasteiger partial charge is 0.398 e. The number of carbonyl (C=O) groups is 1. The van der Waals surface area contributed by atoms with Crippen LogP contribution in [0, 0.1) is 11.2 Å². The van der Waals surface area contributed by atoms with E-state index in [1.165, 1.54) is 16.0 Å². The fourth-order valence-corrected chi connectivity index (χ4v) is 1.54. The topological polar surface area (TPSA) is 64.3 Å². The summed E-state index contributed by atoms with van der Waals surface area (Å²) in [5.41, 5.74) is 9.37. The summed E-state index contributed by atoms with van der Waals surface area (Å²) in [7, 11) is 2.74. The molecule has 0 radical (unpaired) electrons. The standard InChI is InChI=1S/C10H9IN2O2S/c1-15-13-10(14)8-6-7(4-5-16-11)2-3-9(8)12/h2-3,6H,12H2,1H3,(H,13,14). The summed E-state index contributed by atoms with van der Waals surface area (Å²) in [6.07, 6.45) is 0. The van der Waals surface area contributed by atoms with Crippen molar-refractivity contribution in [3.63, 3.8) is 0 Å². The maximum absolute atomic E-state index is 11.5. The van der Waals surface area contributed by atoms with Gasteiger partial charge in [-0.05, 0) is 32.4 Å². The molecule has 1 rings (SSSR count). The number of anilines is 1. The molecule has 1 aromatic rings. The van der Waals surface area contributed by atoms with E-state index in [9.17, 15) is 4.79 Å². The van der Waals surface area contributed by atoms with E-state index in [0.717, 1.165) is 5.56 Å². The van der Waals surface area contributed by atoms with Crippen molar-refractivity contribution in [3.05, 3.63) is 29.3 Å². The van der Waals surface area contributed by atoms with Gasteiger partial charge in [0.2, 0.25) is 0 Å². The van der Waals surface area contributed by atoms with E-state index in [0.29, 0.717) is 11.3 Å². The van der Waals surface area contributed by atoms with Crippen LogP contribution in [0.2, 0.25) is 0 Å². The lowest BCUT2D eigenvalue weighted by molar-refractivity contribution is 0.0538. The molecule has 3 N–H and O–H groups in total. The molecule has 84 valence electrons. The number of benzene rings is 1. The second kappa shape index (κ2) is 6.62. The Morgan fingerprint density at radius 1 is 1.62 bits per heavy atom. The first kappa shape index (κ1) is 13.2. The van der Waals surface area contributed by atoms with Crippen LogP contribution >= 0.6 is 30.1 Å². The molecular formula is C10H9IN2O2S. The quantitative estimate of drug-likeness (QED) is 0.371. The van der Waals surface area contributed by atoms with Crippen LogP contribution in [0.15, 0.2) is 18.2 Å². The lowest BCUT2D eigenvalue weighted by Gasteiger charge is -2.05. The predicted octanol–water partition coefficient (Wildman–Crippen LogP) is 1.95. The molecule has 0 spiro atoms. The summed E-state index contributed by atoms with van der Waals surface area (Å²) in [6, 6.07) is 5.04. The lowest BCUT2D eigenvalue weighted by Crippen LogP contribution is -2.22. The van der Waals surface area contributed by atoms with Crippen molar-refractivity contribution >= 4 is 41.7 Å². The Morgan fingerprint density at radius 2 is 2.38 bits per heavy atom. The minimum absolute atomic E-state index is 0.354. The normalized spacial score (nSPS) is 9.12. The first-order valence-electron chi connectivity index (χ1n) is 4.20. The summed E-state index contributed by atoms with van der Waals surface area (Å²) in [5, 5.41) is 2.83. The number of hydrogen-bond acceptors (Lipinski definition) is 4. The van der Waals surface area contributed by atoms with Gasteiger partial charge in [0.1, 0.15) is 0 Å². The fraction of sp³-hybridized carbons (Fsp3) is 0.100. The highest BCUT2D eigenvalue weighted by Crippen LogP contribution is 2.14. The van der Waals surface area contributed by atoms with Gasteiger partial charge in [-0.2, -0.15) is 0 Å². The first-order chi connectivity index (χ1) is 7.69. The van der Waals surface area contributed by atoms with Crippen molar-refractivity contribution < 1.29 is 9.63 Å². The third kappa shape index (κ3) is 3.59. The predicted molar refractivity (Wildman–Crippen MR) is 73.8 cm³/mol. The zero-order valence-electron chi connectivity index (χ0n) is 8.41. The smallest absolute Gasteiger partial charge is 0.276 e. The molecule has 0 aliphatic rings. The SMILES string of the molecule is CONC(=O)c1cc(C#CSI)ccc1N. The Hall–Kier alpha value is -0.910. The van der Waals surface area contributed by atoms with E-state index >= 15 is 0 Å². The maximum Gasteiger partial charge on any atom is 0.276 e. The summed E-state index contributed by atoms with van der Waals surface area (Å²) in [6.45, 7) is 0. The second-order valence-electron chi connectivity index (χ2n) is 2.74. The average Bonchev–Trinajstić information content (AvgIpc) is 2.28. The molecule has 6 heteroatoms. The van der Waals surface area contributed by atoms with E-state index in [1.54, 1.807) is 18.2 Å². The van der Waals surface area contributed by atoms with Crippen molar-refractivity contribution in [2.75, 3.05) is 12.8 Å². The summed E-state index contributed by atoms with van der Waals surface area (Å²) >= 11 is 2.08. The van der Waals surface area contributed by atoms with E-state index < -0.39 is 0 Å². The molecule has 0 unspecified atom stereocenters. The highest BCUT2D eigenvalue weighted by atomic mass is 127. The molecule has 1 aromatic carbocycles. The second-order valence-corrected chi connectivity index (χ2v) is 4.42. The van der Waals surface area contributed by atoms with Crippen molar-refractivity contribution in [3.8, 4) is 11.2 Å². The highest BCUT2D eigenvalue weighted by molar-refractivity contribution is 14.2. The van der Waals surface area contributed by atoms with Gasteiger partial charge in [-0.15, -0.1) is 0 Å². The van der Waals surface area contributed by atoms with Crippen LogP contribution in [0.25, 0.3) is 0 Å². The van der Waals surface area contributed by atoms with Crippen LogP contribution < -0.4 is 11.2 Å². The molecule has 0 atom stereocenters. The van der Waals surface area contributed by atoms with Crippen LogP contribution in [0.4, 0.5) is 5.69 Å². The number of amides is 1. The van der Waals surface area contributed by atoms with Crippen molar-refractivity contribution in [2.45, 2.75) is 0 Å². The molecule has 16 heavy (non-hydrogen) atoms. The first-order valence-corrected chi connectivity index (χ1v) is 7.56. The maximum atomic E-state index is 11.5. The zero-order valence-corrected chi connectivity index (χ0v) is 11.4. The van der Waals surface area contributed by atoms with E-state index in [-0.39, 0.29) is 5.91 Å². The molecule has 0 saturated carbocycles. The Bertz CT molecular complexity index is 454. The summed E-state index contributed by atoms with van der Waals surface area (Å²) in [5.74, 6) is 2.50. The summed E-state index contributed by atoms with van der Waals surface area (Å²) in [4.78, 5) is 16.1. The molecule has 0 bridgehead atoms. The number of nitrogens with two attached hydrogens (primary N) is 1. The number of hydroxylamine groups is 1. The Morgan fingerprint density at radius 3 is 3.00 bits per heavy atom. The van der Waals surface area contributed by atoms with Gasteiger partial charge in [0, 0.05) is 32.5 Å². The lowest BCUT2D eigenvalue weighted by atomic mass is 10.1. The highest BCUT2D eigenvalue weighted by Gasteiger charge is 2.09.